The normalized spacial score (nSPS) is 14.4. The second-order valence-corrected chi connectivity index (χ2v) is 3.50. The molecule has 15 heavy (non-hydrogen) atoms. The molecule has 0 rings (SSSR count). The zero-order valence-corrected chi connectivity index (χ0v) is 9.19. The lowest BCUT2D eigenvalue weighted by Gasteiger charge is -2.15. The first-order valence-electron chi connectivity index (χ1n) is 5.10. The van der Waals surface area contributed by atoms with Crippen molar-refractivity contribution in [2.75, 3.05) is 6.61 Å². The molecule has 3 N–H and O–H groups in total. The molecule has 0 saturated carbocycles. The van der Waals surface area contributed by atoms with Crippen LogP contribution in [0, 0.1) is 0 Å². The van der Waals surface area contributed by atoms with E-state index in [1.165, 1.54) is 6.92 Å². The summed E-state index contributed by atoms with van der Waals surface area (Å²) < 4.78 is 0. The van der Waals surface area contributed by atoms with E-state index in [-0.39, 0.29) is 31.1 Å². The highest BCUT2D eigenvalue weighted by Crippen LogP contribution is 2.03. The number of carbonyl (C=O) groups is 2. The van der Waals surface area contributed by atoms with Gasteiger partial charge in [-0.15, -0.1) is 0 Å². The number of carbonyl (C=O) groups excluding carboxylic acids is 2. The van der Waals surface area contributed by atoms with E-state index in [1.54, 1.807) is 6.92 Å². The summed E-state index contributed by atoms with van der Waals surface area (Å²) in [5.74, 6) is -0.349. The Bertz CT molecular complexity index is 217. The quantitative estimate of drug-likeness (QED) is 0.541. The van der Waals surface area contributed by atoms with Crippen LogP contribution in [0.5, 0.6) is 0 Å². The zero-order chi connectivity index (χ0) is 11.8. The molecule has 88 valence electrons. The summed E-state index contributed by atoms with van der Waals surface area (Å²) in [5, 5.41) is 20.1. The van der Waals surface area contributed by atoms with Gasteiger partial charge in [-0.25, -0.2) is 0 Å². The van der Waals surface area contributed by atoms with Gasteiger partial charge in [0.25, 0.3) is 0 Å². The van der Waals surface area contributed by atoms with Crippen molar-refractivity contribution in [2.45, 2.75) is 45.3 Å². The molecule has 0 aromatic carbocycles. The van der Waals surface area contributed by atoms with Crippen LogP contribution in [0.15, 0.2) is 0 Å². The predicted octanol–water partition coefficient (Wildman–Crippen LogP) is -0.396. The maximum atomic E-state index is 11.5. The van der Waals surface area contributed by atoms with E-state index in [0.717, 1.165) is 0 Å². The van der Waals surface area contributed by atoms with Gasteiger partial charge in [-0.1, -0.05) is 6.92 Å². The van der Waals surface area contributed by atoms with E-state index in [2.05, 4.69) is 5.32 Å². The molecule has 0 aliphatic heterocycles. The van der Waals surface area contributed by atoms with Crippen LogP contribution in [0.4, 0.5) is 0 Å². The van der Waals surface area contributed by atoms with Crippen molar-refractivity contribution in [1.82, 2.24) is 5.32 Å². The number of ketones is 1. The smallest absolute Gasteiger partial charge is 0.217 e. The molecule has 0 heterocycles. The lowest BCUT2D eigenvalue weighted by atomic mass is 10.0. The minimum atomic E-state index is -0.858. The van der Waals surface area contributed by atoms with Crippen LogP contribution < -0.4 is 5.32 Å². The van der Waals surface area contributed by atoms with Gasteiger partial charge in [0.1, 0.15) is 0 Å². The highest BCUT2D eigenvalue weighted by atomic mass is 16.3. The molecule has 0 aliphatic carbocycles. The van der Waals surface area contributed by atoms with Crippen LogP contribution in [-0.2, 0) is 9.59 Å². The minimum absolute atomic E-state index is 0.111. The standard InChI is InChI=1S/C10H19NO4/c1-3-9(11-7(2)13)10(15)5-4-8(14)6-12/h8-9,12,14H,3-6H2,1-2H3,(H,11,13)/t8?,9-/m1/s1. The van der Waals surface area contributed by atoms with Gasteiger partial charge >= 0.3 is 0 Å². The summed E-state index contributed by atoms with van der Waals surface area (Å²) in [6, 6.07) is -0.478. The molecule has 1 unspecified atom stereocenters. The van der Waals surface area contributed by atoms with E-state index in [4.69, 9.17) is 10.2 Å². The van der Waals surface area contributed by atoms with Crippen LogP contribution in [0.3, 0.4) is 0 Å². The Morgan fingerprint density at radius 2 is 2.00 bits per heavy atom. The van der Waals surface area contributed by atoms with Crippen LogP contribution >= 0.6 is 0 Å². The number of aliphatic hydroxyl groups is 2. The SMILES string of the molecule is CC[C@@H](NC(C)=O)C(=O)CCC(O)CO. The molecule has 0 aromatic rings. The van der Waals surface area contributed by atoms with Crippen molar-refractivity contribution in [1.29, 1.82) is 0 Å². The van der Waals surface area contributed by atoms with Gasteiger partial charge in [-0.3, -0.25) is 9.59 Å². The first-order valence-corrected chi connectivity index (χ1v) is 5.10. The number of hydrogen-bond acceptors (Lipinski definition) is 4. The van der Waals surface area contributed by atoms with Crippen LogP contribution in [0.25, 0.3) is 0 Å². The summed E-state index contributed by atoms with van der Waals surface area (Å²) in [6.45, 7) is 2.82. The largest absolute Gasteiger partial charge is 0.394 e. The third-order valence-electron chi connectivity index (χ3n) is 2.11. The summed E-state index contributed by atoms with van der Waals surface area (Å²) in [4.78, 5) is 22.3. The third kappa shape index (κ3) is 6.19. The summed E-state index contributed by atoms with van der Waals surface area (Å²) >= 11 is 0. The Labute approximate surface area is 89.5 Å². The zero-order valence-electron chi connectivity index (χ0n) is 9.19. The second-order valence-electron chi connectivity index (χ2n) is 3.50. The fourth-order valence-electron chi connectivity index (χ4n) is 1.23. The molecule has 0 bridgehead atoms. The van der Waals surface area contributed by atoms with Gasteiger partial charge in [0.05, 0.1) is 18.8 Å². The average molecular weight is 217 g/mol. The Kier molecular flexibility index (Phi) is 6.90. The molecule has 0 aromatic heterocycles. The van der Waals surface area contributed by atoms with Crippen LogP contribution in [0.2, 0.25) is 0 Å². The van der Waals surface area contributed by atoms with Crippen molar-refractivity contribution < 1.29 is 19.8 Å². The van der Waals surface area contributed by atoms with Gasteiger partial charge in [0, 0.05) is 13.3 Å². The number of amides is 1. The van der Waals surface area contributed by atoms with Gasteiger partial charge in [0.2, 0.25) is 5.91 Å². The number of Topliss-reactive ketones (excluding diaryl/α,β-unsaturated/α-hetero) is 1. The van der Waals surface area contributed by atoms with E-state index >= 15 is 0 Å². The molecule has 0 radical (unpaired) electrons. The van der Waals surface area contributed by atoms with Gasteiger partial charge in [0.15, 0.2) is 5.78 Å². The summed E-state index contributed by atoms with van der Waals surface area (Å²) in [7, 11) is 0. The van der Waals surface area contributed by atoms with Gasteiger partial charge in [-0.2, -0.15) is 0 Å². The topological polar surface area (TPSA) is 86.6 Å². The summed E-state index contributed by atoms with van der Waals surface area (Å²) in [5.41, 5.74) is 0. The molecule has 5 heteroatoms. The van der Waals surface area contributed by atoms with E-state index in [9.17, 15) is 9.59 Å². The van der Waals surface area contributed by atoms with Crippen molar-refractivity contribution in [3.63, 3.8) is 0 Å². The Balaban J connectivity index is 3.99. The Morgan fingerprint density at radius 3 is 2.40 bits per heavy atom. The van der Waals surface area contributed by atoms with E-state index < -0.39 is 12.1 Å². The molecule has 2 atom stereocenters. The monoisotopic (exact) mass is 217 g/mol. The van der Waals surface area contributed by atoms with Crippen LogP contribution in [-0.4, -0.2) is 40.7 Å². The number of rotatable bonds is 7. The van der Waals surface area contributed by atoms with Crippen molar-refractivity contribution in [3.8, 4) is 0 Å². The molecular formula is C10H19NO4. The van der Waals surface area contributed by atoms with Crippen molar-refractivity contribution in [2.24, 2.45) is 0 Å². The average Bonchev–Trinajstić information content (AvgIpc) is 2.21. The maximum absolute atomic E-state index is 11.5. The predicted molar refractivity (Wildman–Crippen MR) is 55.2 cm³/mol. The lowest BCUT2D eigenvalue weighted by molar-refractivity contribution is -0.127. The molecule has 0 saturated heterocycles. The molecule has 5 nitrogen and oxygen atoms in total. The first kappa shape index (κ1) is 14.1. The second kappa shape index (κ2) is 7.36. The fraction of sp³-hybridized carbons (Fsp3) is 0.800. The molecule has 0 fully saturated rings. The highest BCUT2D eigenvalue weighted by molar-refractivity contribution is 5.88. The number of aliphatic hydroxyl groups excluding tert-OH is 2. The fourth-order valence-corrected chi connectivity index (χ4v) is 1.23. The lowest BCUT2D eigenvalue weighted by Crippen LogP contribution is -2.39. The Hall–Kier alpha value is -0.940. The molecule has 1 amide bonds. The van der Waals surface area contributed by atoms with Crippen molar-refractivity contribution >= 4 is 11.7 Å². The van der Waals surface area contributed by atoms with Gasteiger partial charge < -0.3 is 15.5 Å². The first-order chi connectivity index (χ1) is 7.01. The molecular weight excluding hydrogens is 198 g/mol. The highest BCUT2D eigenvalue weighted by Gasteiger charge is 2.17. The maximum Gasteiger partial charge on any atom is 0.217 e. The molecule has 0 spiro atoms. The van der Waals surface area contributed by atoms with E-state index in [0.29, 0.717) is 6.42 Å². The van der Waals surface area contributed by atoms with Crippen LogP contribution in [0.1, 0.15) is 33.1 Å². The third-order valence-corrected chi connectivity index (χ3v) is 2.11. The molecule has 0 aliphatic rings. The van der Waals surface area contributed by atoms with Crippen molar-refractivity contribution in [3.05, 3.63) is 0 Å². The summed E-state index contributed by atoms with van der Waals surface area (Å²) in [6.07, 6.45) is 0.0725. The number of nitrogens with one attached hydrogen (secondary N) is 1. The minimum Gasteiger partial charge on any atom is -0.394 e. The number of hydrogen-bond donors (Lipinski definition) is 3. The Morgan fingerprint density at radius 1 is 1.40 bits per heavy atom. The van der Waals surface area contributed by atoms with E-state index in [1.807, 2.05) is 0 Å². The van der Waals surface area contributed by atoms with Gasteiger partial charge in [-0.05, 0) is 12.8 Å².